The molecule has 0 amide bonds. The summed E-state index contributed by atoms with van der Waals surface area (Å²) in [6.07, 6.45) is 0. The monoisotopic (exact) mass is 291 g/mol. The van der Waals surface area contributed by atoms with Gasteiger partial charge in [-0.05, 0) is 45.0 Å². The molecule has 1 heterocycles. The molecule has 0 aliphatic rings. The lowest BCUT2D eigenvalue weighted by Crippen LogP contribution is -2.17. The van der Waals surface area contributed by atoms with E-state index < -0.39 is 5.60 Å². The van der Waals surface area contributed by atoms with E-state index in [2.05, 4.69) is 4.98 Å². The minimum absolute atomic E-state index is 0.552. The Morgan fingerprint density at radius 1 is 1.20 bits per heavy atom. The van der Waals surface area contributed by atoms with Gasteiger partial charge in [-0.15, -0.1) is 0 Å². The van der Waals surface area contributed by atoms with E-state index in [0.29, 0.717) is 10.8 Å². The lowest BCUT2D eigenvalue weighted by Gasteiger charge is -2.20. The lowest BCUT2D eigenvalue weighted by atomic mass is 9.96. The van der Waals surface area contributed by atoms with Crippen LogP contribution in [0.4, 0.5) is 0 Å². The average Bonchev–Trinajstić information content (AvgIpc) is 2.37. The van der Waals surface area contributed by atoms with Crippen LogP contribution in [0.1, 0.15) is 25.1 Å². The average molecular weight is 292 g/mol. The van der Waals surface area contributed by atoms with Crippen molar-refractivity contribution in [2.24, 2.45) is 0 Å². The number of hydrogen-bond acceptors (Lipinski definition) is 3. The summed E-state index contributed by atoms with van der Waals surface area (Å²) in [5, 5.41) is 10.6. The van der Waals surface area contributed by atoms with Crippen molar-refractivity contribution in [3.63, 3.8) is 0 Å². The van der Waals surface area contributed by atoms with Crippen LogP contribution in [0, 0.1) is 6.92 Å². The van der Waals surface area contributed by atoms with Gasteiger partial charge in [0.15, 0.2) is 0 Å². The van der Waals surface area contributed by atoms with Crippen molar-refractivity contribution in [2.75, 3.05) is 7.11 Å². The summed E-state index contributed by atoms with van der Waals surface area (Å²) < 4.78 is 5.14. The molecule has 20 heavy (non-hydrogen) atoms. The van der Waals surface area contributed by atoms with E-state index in [1.807, 2.05) is 37.3 Å². The fraction of sp³-hybridized carbons (Fsp3) is 0.312. The van der Waals surface area contributed by atoms with E-state index in [9.17, 15) is 5.11 Å². The molecule has 2 rings (SSSR count). The minimum atomic E-state index is -0.896. The highest BCUT2D eigenvalue weighted by Crippen LogP contribution is 2.31. The van der Waals surface area contributed by atoms with Crippen LogP contribution in [-0.4, -0.2) is 17.2 Å². The lowest BCUT2D eigenvalue weighted by molar-refractivity contribution is 0.0775. The molecule has 1 N–H and O–H groups in total. The summed E-state index contributed by atoms with van der Waals surface area (Å²) in [4.78, 5) is 4.55. The Kier molecular flexibility index (Phi) is 4.02. The number of rotatable bonds is 3. The first-order chi connectivity index (χ1) is 9.32. The highest BCUT2D eigenvalue weighted by Gasteiger charge is 2.19. The van der Waals surface area contributed by atoms with Crippen molar-refractivity contribution in [3.05, 3.63) is 46.6 Å². The molecule has 3 nitrogen and oxygen atoms in total. The summed E-state index contributed by atoms with van der Waals surface area (Å²) in [6.45, 7) is 5.39. The summed E-state index contributed by atoms with van der Waals surface area (Å²) in [6, 6.07) is 9.34. The van der Waals surface area contributed by atoms with Crippen molar-refractivity contribution in [3.8, 4) is 17.0 Å². The van der Waals surface area contributed by atoms with Crippen molar-refractivity contribution < 1.29 is 9.84 Å². The molecule has 0 radical (unpaired) electrons. The number of pyridine rings is 1. The van der Waals surface area contributed by atoms with Crippen molar-refractivity contribution >= 4 is 11.6 Å². The number of benzene rings is 1. The molecule has 0 saturated heterocycles. The first kappa shape index (κ1) is 14.8. The van der Waals surface area contributed by atoms with Crippen molar-refractivity contribution in [2.45, 2.75) is 26.4 Å². The Hall–Kier alpha value is -1.58. The molecule has 0 fully saturated rings. The van der Waals surface area contributed by atoms with E-state index in [-0.39, 0.29) is 0 Å². The van der Waals surface area contributed by atoms with Crippen LogP contribution in [-0.2, 0) is 5.60 Å². The molecule has 0 saturated carbocycles. The van der Waals surface area contributed by atoms with Crippen LogP contribution < -0.4 is 4.74 Å². The Labute approximate surface area is 124 Å². The number of nitrogens with zero attached hydrogens (tertiary/aromatic N) is 1. The van der Waals surface area contributed by atoms with Gasteiger partial charge < -0.3 is 9.84 Å². The van der Waals surface area contributed by atoms with E-state index >= 15 is 0 Å². The van der Waals surface area contributed by atoms with E-state index in [4.69, 9.17) is 16.3 Å². The molecule has 0 spiro atoms. The van der Waals surface area contributed by atoms with Gasteiger partial charge in [0.25, 0.3) is 0 Å². The molecule has 106 valence electrons. The number of halogens is 1. The predicted molar refractivity (Wildman–Crippen MR) is 81.2 cm³/mol. The fourth-order valence-corrected chi connectivity index (χ4v) is 2.45. The molecule has 2 aromatic rings. The van der Waals surface area contributed by atoms with Gasteiger partial charge >= 0.3 is 0 Å². The maximum atomic E-state index is 10.1. The zero-order valence-electron chi connectivity index (χ0n) is 12.1. The highest BCUT2D eigenvalue weighted by atomic mass is 35.5. The Morgan fingerprint density at radius 2 is 1.90 bits per heavy atom. The van der Waals surface area contributed by atoms with Crippen LogP contribution in [0.25, 0.3) is 11.3 Å². The van der Waals surface area contributed by atoms with Crippen LogP contribution in [0.15, 0.2) is 30.3 Å². The molecular formula is C16H18ClNO2. The number of hydrogen-bond donors (Lipinski definition) is 1. The normalized spacial score (nSPS) is 11.5. The van der Waals surface area contributed by atoms with Gasteiger partial charge in [-0.1, -0.05) is 17.7 Å². The number of aryl methyl sites for hydroxylation is 1. The molecule has 0 atom stereocenters. The second kappa shape index (κ2) is 5.43. The topological polar surface area (TPSA) is 42.4 Å². The van der Waals surface area contributed by atoms with Gasteiger partial charge in [0.1, 0.15) is 5.75 Å². The van der Waals surface area contributed by atoms with Gasteiger partial charge in [-0.2, -0.15) is 0 Å². The molecule has 4 heteroatoms. The largest absolute Gasteiger partial charge is 0.495 e. The van der Waals surface area contributed by atoms with Gasteiger partial charge in [-0.25, -0.2) is 0 Å². The van der Waals surface area contributed by atoms with Gasteiger partial charge in [0.05, 0.1) is 23.4 Å². The zero-order valence-corrected chi connectivity index (χ0v) is 12.8. The summed E-state index contributed by atoms with van der Waals surface area (Å²) in [5.74, 6) is 0.639. The molecule has 0 aliphatic heterocycles. The van der Waals surface area contributed by atoms with E-state index in [0.717, 1.165) is 22.5 Å². The first-order valence-electron chi connectivity index (χ1n) is 6.37. The summed E-state index contributed by atoms with van der Waals surface area (Å²) in [7, 11) is 1.58. The minimum Gasteiger partial charge on any atom is -0.495 e. The van der Waals surface area contributed by atoms with Crippen LogP contribution >= 0.6 is 11.6 Å². The third kappa shape index (κ3) is 2.94. The third-order valence-electron chi connectivity index (χ3n) is 3.19. The maximum Gasteiger partial charge on any atom is 0.137 e. The predicted octanol–water partition coefficient (Wildman–Crippen LogP) is 3.95. The SMILES string of the molecule is COc1ccc(-c2ccc(C(C)(C)O)c(C)n2)cc1Cl. The van der Waals surface area contributed by atoms with E-state index in [1.54, 1.807) is 21.0 Å². The number of methoxy groups -OCH3 is 1. The second-order valence-corrected chi connectivity index (χ2v) is 5.65. The van der Waals surface area contributed by atoms with Crippen LogP contribution in [0.5, 0.6) is 5.75 Å². The van der Waals surface area contributed by atoms with E-state index in [1.165, 1.54) is 0 Å². The molecule has 0 bridgehead atoms. The smallest absolute Gasteiger partial charge is 0.137 e. The van der Waals surface area contributed by atoms with Crippen molar-refractivity contribution in [1.82, 2.24) is 4.98 Å². The number of aromatic nitrogens is 1. The van der Waals surface area contributed by atoms with Gasteiger partial charge in [-0.3, -0.25) is 4.98 Å². The number of ether oxygens (including phenoxy) is 1. The quantitative estimate of drug-likeness (QED) is 0.931. The molecular weight excluding hydrogens is 274 g/mol. The summed E-state index contributed by atoms with van der Waals surface area (Å²) >= 11 is 6.13. The second-order valence-electron chi connectivity index (χ2n) is 5.24. The Balaban J connectivity index is 2.44. The zero-order chi connectivity index (χ0) is 14.9. The third-order valence-corrected chi connectivity index (χ3v) is 3.49. The Morgan fingerprint density at radius 3 is 2.40 bits per heavy atom. The van der Waals surface area contributed by atoms with Gasteiger partial charge in [0.2, 0.25) is 0 Å². The maximum absolute atomic E-state index is 10.1. The summed E-state index contributed by atoms with van der Waals surface area (Å²) in [5.41, 5.74) is 2.47. The van der Waals surface area contributed by atoms with Gasteiger partial charge in [0, 0.05) is 16.8 Å². The molecule has 1 aromatic heterocycles. The standard InChI is InChI=1S/C16H18ClNO2/c1-10-12(16(2,3)19)6-7-14(18-10)11-5-8-15(20-4)13(17)9-11/h5-9,19H,1-4H3. The van der Waals surface area contributed by atoms with Crippen LogP contribution in [0.3, 0.4) is 0 Å². The van der Waals surface area contributed by atoms with Crippen LogP contribution in [0.2, 0.25) is 5.02 Å². The van der Waals surface area contributed by atoms with Crippen molar-refractivity contribution in [1.29, 1.82) is 0 Å². The fourth-order valence-electron chi connectivity index (χ4n) is 2.19. The molecule has 0 aliphatic carbocycles. The first-order valence-corrected chi connectivity index (χ1v) is 6.75. The molecule has 1 aromatic carbocycles. The Bertz CT molecular complexity index is 633. The number of aliphatic hydroxyl groups is 1. The highest BCUT2D eigenvalue weighted by molar-refractivity contribution is 6.32. The molecule has 0 unspecified atom stereocenters.